The number of nitrogens with one attached hydrogen (secondary N) is 1. The van der Waals surface area contributed by atoms with Crippen molar-refractivity contribution in [3.63, 3.8) is 0 Å². The van der Waals surface area contributed by atoms with E-state index in [0.717, 1.165) is 5.69 Å². The molecule has 0 aliphatic rings. The Labute approximate surface area is 106 Å². The van der Waals surface area contributed by atoms with Gasteiger partial charge in [-0.25, -0.2) is 0 Å². The summed E-state index contributed by atoms with van der Waals surface area (Å²) in [4.78, 5) is 28.3. The van der Waals surface area contributed by atoms with Crippen LogP contribution in [0.1, 0.15) is 5.69 Å². The molecule has 0 saturated heterocycles. The highest BCUT2D eigenvalue weighted by molar-refractivity contribution is 5.85. The molecule has 0 atom stereocenters. The number of aromatic nitrogens is 1. The van der Waals surface area contributed by atoms with E-state index in [0.29, 0.717) is 13.0 Å². The predicted octanol–water partition coefficient (Wildman–Crippen LogP) is -0.843. The van der Waals surface area contributed by atoms with Gasteiger partial charge >= 0.3 is 0 Å². The van der Waals surface area contributed by atoms with Crippen LogP contribution >= 0.6 is 0 Å². The van der Waals surface area contributed by atoms with Crippen molar-refractivity contribution in [2.24, 2.45) is 5.73 Å². The third kappa shape index (κ3) is 4.92. The van der Waals surface area contributed by atoms with Crippen LogP contribution in [0.15, 0.2) is 24.4 Å². The van der Waals surface area contributed by atoms with Crippen LogP contribution in [0.2, 0.25) is 0 Å². The Morgan fingerprint density at radius 1 is 1.44 bits per heavy atom. The number of rotatable bonds is 6. The fraction of sp³-hybridized carbons (Fsp3) is 0.417. The molecule has 0 radical (unpaired) electrons. The average molecular weight is 250 g/mol. The van der Waals surface area contributed by atoms with Gasteiger partial charge in [-0.1, -0.05) is 6.07 Å². The Hall–Kier alpha value is -1.95. The molecule has 1 heterocycles. The van der Waals surface area contributed by atoms with E-state index >= 15 is 0 Å². The van der Waals surface area contributed by atoms with E-state index in [1.54, 1.807) is 18.1 Å². The minimum absolute atomic E-state index is 0.0191. The Morgan fingerprint density at radius 3 is 2.83 bits per heavy atom. The minimum Gasteiger partial charge on any atom is -0.346 e. The first-order chi connectivity index (χ1) is 8.63. The minimum atomic E-state index is -0.332. The number of pyridine rings is 1. The van der Waals surface area contributed by atoms with E-state index in [2.05, 4.69) is 10.3 Å². The lowest BCUT2D eigenvalue weighted by atomic mass is 10.2. The molecule has 0 saturated carbocycles. The van der Waals surface area contributed by atoms with Crippen LogP contribution in [0.5, 0.6) is 0 Å². The summed E-state index contributed by atoms with van der Waals surface area (Å²) in [5, 5.41) is 2.44. The Bertz CT molecular complexity index is 394. The summed E-state index contributed by atoms with van der Waals surface area (Å²) >= 11 is 0. The second-order valence-electron chi connectivity index (χ2n) is 3.87. The summed E-state index contributed by atoms with van der Waals surface area (Å²) in [6.45, 7) is 0.439. The van der Waals surface area contributed by atoms with Crippen LogP contribution in [0.4, 0.5) is 0 Å². The molecular formula is C12H18N4O2. The first-order valence-corrected chi connectivity index (χ1v) is 5.74. The van der Waals surface area contributed by atoms with Crippen molar-refractivity contribution >= 4 is 11.8 Å². The van der Waals surface area contributed by atoms with E-state index in [4.69, 9.17) is 5.73 Å². The van der Waals surface area contributed by atoms with E-state index in [9.17, 15) is 9.59 Å². The van der Waals surface area contributed by atoms with Crippen molar-refractivity contribution in [3.05, 3.63) is 30.1 Å². The maximum absolute atomic E-state index is 11.6. The largest absolute Gasteiger partial charge is 0.346 e. The number of likely N-dealkylation sites (N-methyl/N-ethyl adjacent to an activating group) is 1. The van der Waals surface area contributed by atoms with E-state index in [1.165, 1.54) is 0 Å². The van der Waals surface area contributed by atoms with Gasteiger partial charge in [0.1, 0.15) is 0 Å². The van der Waals surface area contributed by atoms with Gasteiger partial charge < -0.3 is 16.0 Å². The lowest BCUT2D eigenvalue weighted by molar-refractivity contribution is -0.131. The third-order valence-electron chi connectivity index (χ3n) is 2.48. The molecule has 0 unspecified atom stereocenters. The fourth-order valence-corrected chi connectivity index (χ4v) is 1.33. The highest BCUT2D eigenvalue weighted by atomic mass is 16.2. The molecule has 18 heavy (non-hydrogen) atoms. The number of carbonyl (C=O) groups is 2. The highest BCUT2D eigenvalue weighted by Crippen LogP contribution is 1.96. The lowest BCUT2D eigenvalue weighted by Gasteiger charge is -2.17. The molecule has 6 heteroatoms. The van der Waals surface area contributed by atoms with Crippen molar-refractivity contribution in [3.8, 4) is 0 Å². The monoisotopic (exact) mass is 250 g/mol. The third-order valence-corrected chi connectivity index (χ3v) is 2.48. The number of nitrogens with zero attached hydrogens (tertiary/aromatic N) is 2. The molecule has 3 N–H and O–H groups in total. The quantitative estimate of drug-likeness (QED) is 0.689. The Balaban J connectivity index is 2.30. The average Bonchev–Trinajstić information content (AvgIpc) is 2.42. The highest BCUT2D eigenvalue weighted by Gasteiger charge is 2.09. The molecule has 0 fully saturated rings. The smallest absolute Gasteiger partial charge is 0.241 e. The van der Waals surface area contributed by atoms with Gasteiger partial charge in [0, 0.05) is 31.9 Å². The summed E-state index contributed by atoms with van der Waals surface area (Å²) in [5.41, 5.74) is 6.06. The number of hydrogen-bond acceptors (Lipinski definition) is 4. The topological polar surface area (TPSA) is 88.3 Å². The zero-order chi connectivity index (χ0) is 13.4. The molecule has 98 valence electrons. The second kappa shape index (κ2) is 7.39. The van der Waals surface area contributed by atoms with Gasteiger partial charge in [-0.3, -0.25) is 14.6 Å². The van der Waals surface area contributed by atoms with E-state index in [1.807, 2.05) is 18.2 Å². The maximum Gasteiger partial charge on any atom is 0.241 e. The summed E-state index contributed by atoms with van der Waals surface area (Å²) < 4.78 is 0. The molecule has 0 aromatic carbocycles. The van der Waals surface area contributed by atoms with Gasteiger partial charge in [-0.05, 0) is 12.1 Å². The Morgan fingerprint density at radius 2 is 2.22 bits per heavy atom. The Kier molecular flexibility index (Phi) is 5.79. The zero-order valence-corrected chi connectivity index (χ0v) is 10.4. The standard InChI is InChI=1S/C12H18N4O2/c1-16(12(18)9-15-11(17)8-13)7-5-10-4-2-3-6-14-10/h2-4,6H,5,7-9,13H2,1H3,(H,15,17). The predicted molar refractivity (Wildman–Crippen MR) is 67.6 cm³/mol. The number of carbonyl (C=O) groups excluding carboxylic acids is 2. The molecule has 0 aliphatic heterocycles. The molecule has 0 bridgehead atoms. The van der Waals surface area contributed by atoms with Crippen LogP contribution in [-0.4, -0.2) is 48.4 Å². The van der Waals surface area contributed by atoms with Gasteiger partial charge in [-0.2, -0.15) is 0 Å². The lowest BCUT2D eigenvalue weighted by Crippen LogP contribution is -2.40. The van der Waals surface area contributed by atoms with Crippen LogP contribution in [-0.2, 0) is 16.0 Å². The van der Waals surface area contributed by atoms with Gasteiger partial charge in [0.05, 0.1) is 13.1 Å². The SMILES string of the molecule is CN(CCc1ccccn1)C(=O)CNC(=O)CN. The molecule has 2 amide bonds. The summed E-state index contributed by atoms with van der Waals surface area (Å²) in [6, 6.07) is 5.67. The number of amides is 2. The molecule has 1 rings (SSSR count). The van der Waals surface area contributed by atoms with Crippen LogP contribution < -0.4 is 11.1 Å². The van der Waals surface area contributed by atoms with Crippen molar-refractivity contribution in [1.82, 2.24) is 15.2 Å². The summed E-state index contributed by atoms with van der Waals surface area (Å²) in [5.74, 6) is -0.478. The molecule has 0 spiro atoms. The second-order valence-corrected chi connectivity index (χ2v) is 3.87. The molecule has 1 aromatic rings. The van der Waals surface area contributed by atoms with Gasteiger partial charge in [-0.15, -0.1) is 0 Å². The maximum atomic E-state index is 11.6. The van der Waals surface area contributed by atoms with Crippen LogP contribution in [0.25, 0.3) is 0 Å². The molecule has 1 aromatic heterocycles. The van der Waals surface area contributed by atoms with Crippen LogP contribution in [0, 0.1) is 0 Å². The molecular weight excluding hydrogens is 232 g/mol. The van der Waals surface area contributed by atoms with Crippen molar-refractivity contribution in [1.29, 1.82) is 0 Å². The molecule has 0 aliphatic carbocycles. The zero-order valence-electron chi connectivity index (χ0n) is 10.4. The normalized spacial score (nSPS) is 9.89. The van der Waals surface area contributed by atoms with Crippen molar-refractivity contribution < 1.29 is 9.59 Å². The fourth-order valence-electron chi connectivity index (χ4n) is 1.33. The first-order valence-electron chi connectivity index (χ1n) is 5.74. The van der Waals surface area contributed by atoms with E-state index in [-0.39, 0.29) is 24.9 Å². The molecule has 6 nitrogen and oxygen atoms in total. The van der Waals surface area contributed by atoms with Gasteiger partial charge in [0.25, 0.3) is 0 Å². The first kappa shape index (κ1) is 14.1. The van der Waals surface area contributed by atoms with Gasteiger partial charge in [0.15, 0.2) is 0 Å². The van der Waals surface area contributed by atoms with E-state index < -0.39 is 0 Å². The van der Waals surface area contributed by atoms with Crippen molar-refractivity contribution in [2.45, 2.75) is 6.42 Å². The number of nitrogens with two attached hydrogens (primary N) is 1. The number of hydrogen-bond donors (Lipinski definition) is 2. The van der Waals surface area contributed by atoms with Crippen molar-refractivity contribution in [2.75, 3.05) is 26.7 Å². The summed E-state index contributed by atoms with van der Waals surface area (Å²) in [7, 11) is 1.69. The summed E-state index contributed by atoms with van der Waals surface area (Å²) in [6.07, 6.45) is 2.41. The van der Waals surface area contributed by atoms with Gasteiger partial charge in [0.2, 0.25) is 11.8 Å². The van der Waals surface area contributed by atoms with Crippen LogP contribution in [0.3, 0.4) is 0 Å².